The number of urea groups is 1. The van der Waals surface area contributed by atoms with Crippen molar-refractivity contribution < 1.29 is 4.79 Å². The van der Waals surface area contributed by atoms with Crippen molar-refractivity contribution in [1.29, 1.82) is 0 Å². The molecule has 0 aliphatic heterocycles. The Hall–Kier alpha value is -3.26. The Morgan fingerprint density at radius 1 is 1.00 bits per heavy atom. The number of aromatic nitrogens is 3. The van der Waals surface area contributed by atoms with Crippen LogP contribution in [0.15, 0.2) is 36.5 Å². The van der Waals surface area contributed by atoms with Crippen molar-refractivity contribution in [3.8, 4) is 0 Å². The molecule has 0 aliphatic carbocycles. The van der Waals surface area contributed by atoms with Crippen LogP contribution in [0.25, 0.3) is 10.8 Å². The lowest BCUT2D eigenvalue weighted by Gasteiger charge is -2.12. The van der Waals surface area contributed by atoms with Gasteiger partial charge >= 0.3 is 6.03 Å². The van der Waals surface area contributed by atoms with Crippen molar-refractivity contribution in [2.24, 2.45) is 0 Å². The monoisotopic (exact) mass is 393 g/mol. The van der Waals surface area contributed by atoms with Gasteiger partial charge in [-0.15, -0.1) is 0 Å². The van der Waals surface area contributed by atoms with Crippen molar-refractivity contribution in [2.75, 3.05) is 43.1 Å². The third kappa shape index (κ3) is 6.11. The number of rotatable bonds is 7. The number of carbonyl (C=O) groups excluding carboxylic acids is 1. The van der Waals surface area contributed by atoms with Crippen molar-refractivity contribution in [3.05, 3.63) is 47.9 Å². The molecule has 0 atom stereocenters. The van der Waals surface area contributed by atoms with Gasteiger partial charge in [0, 0.05) is 41.3 Å². The highest BCUT2D eigenvalue weighted by atomic mass is 16.2. The molecular weight excluding hydrogens is 366 g/mol. The average Bonchev–Trinajstić information content (AvgIpc) is 2.64. The Morgan fingerprint density at radius 3 is 2.62 bits per heavy atom. The fourth-order valence-corrected chi connectivity index (χ4v) is 2.92. The smallest absolute Gasteiger partial charge is 0.326 e. The molecule has 152 valence electrons. The first-order valence-corrected chi connectivity index (χ1v) is 9.58. The molecule has 3 aromatic rings. The zero-order valence-electron chi connectivity index (χ0n) is 17.3. The Morgan fingerprint density at radius 2 is 1.83 bits per heavy atom. The van der Waals surface area contributed by atoms with E-state index in [2.05, 4.69) is 35.8 Å². The molecule has 8 nitrogen and oxygen atoms in total. The molecule has 0 aliphatic rings. The van der Waals surface area contributed by atoms with Crippen molar-refractivity contribution >= 4 is 34.3 Å². The maximum Gasteiger partial charge on any atom is 0.326 e. The van der Waals surface area contributed by atoms with E-state index in [1.165, 1.54) is 0 Å². The second-order valence-corrected chi connectivity index (χ2v) is 7.27. The quantitative estimate of drug-likeness (QED) is 0.531. The molecule has 1 aromatic carbocycles. The number of nitrogens with zero attached hydrogens (tertiary/aromatic N) is 4. The van der Waals surface area contributed by atoms with E-state index >= 15 is 0 Å². The third-order valence-electron chi connectivity index (χ3n) is 4.28. The molecule has 0 bridgehead atoms. The van der Waals surface area contributed by atoms with Gasteiger partial charge in [0.15, 0.2) is 0 Å². The molecule has 8 heteroatoms. The minimum atomic E-state index is -0.390. The van der Waals surface area contributed by atoms with E-state index in [1.54, 1.807) is 0 Å². The number of carbonyl (C=O) groups is 1. The maximum absolute atomic E-state index is 12.4. The maximum atomic E-state index is 12.4. The first-order chi connectivity index (χ1) is 13.9. The van der Waals surface area contributed by atoms with Crippen LogP contribution in [0.1, 0.15) is 17.8 Å². The largest absolute Gasteiger partial charge is 0.370 e. The summed E-state index contributed by atoms with van der Waals surface area (Å²) in [5.41, 5.74) is 2.40. The van der Waals surface area contributed by atoms with E-state index < -0.39 is 0 Å². The number of amides is 2. The minimum Gasteiger partial charge on any atom is -0.370 e. The lowest BCUT2D eigenvalue weighted by atomic mass is 10.1. The predicted octanol–water partition coefficient (Wildman–Crippen LogP) is 3.65. The molecule has 2 aromatic heterocycles. The van der Waals surface area contributed by atoms with E-state index in [1.807, 2.05) is 64.5 Å². The van der Waals surface area contributed by atoms with Crippen LogP contribution in [0.2, 0.25) is 0 Å². The molecule has 0 saturated heterocycles. The summed E-state index contributed by atoms with van der Waals surface area (Å²) in [4.78, 5) is 27.5. The van der Waals surface area contributed by atoms with Gasteiger partial charge in [0.1, 0.15) is 5.82 Å². The number of pyridine rings is 1. The second kappa shape index (κ2) is 9.29. The molecule has 29 heavy (non-hydrogen) atoms. The highest BCUT2D eigenvalue weighted by molar-refractivity contribution is 6.00. The summed E-state index contributed by atoms with van der Waals surface area (Å²) in [6, 6.07) is 9.14. The molecular formula is C21H27N7O. The standard InChI is InChI=1S/C21H27N7O/c1-14-10-17-12-18(7-6-16(17)13-23-14)25-21(29)27-20-24-15(2)11-19(26-20)22-8-5-9-28(3)4/h6-7,10-13H,5,8-9H2,1-4H3,(H3,22,24,25,26,27,29). The molecule has 3 N–H and O–H groups in total. The topological polar surface area (TPSA) is 95.1 Å². The number of fused-ring (bicyclic) bond motifs is 1. The minimum absolute atomic E-state index is 0.262. The van der Waals surface area contributed by atoms with Crippen molar-refractivity contribution in [2.45, 2.75) is 20.3 Å². The van der Waals surface area contributed by atoms with Crippen LogP contribution in [-0.2, 0) is 0 Å². The van der Waals surface area contributed by atoms with Crippen LogP contribution in [0.4, 0.5) is 22.2 Å². The molecule has 0 radical (unpaired) electrons. The van der Waals surface area contributed by atoms with E-state index in [0.29, 0.717) is 11.5 Å². The number of anilines is 3. The van der Waals surface area contributed by atoms with Crippen LogP contribution in [0, 0.1) is 13.8 Å². The van der Waals surface area contributed by atoms with Crippen LogP contribution in [0.5, 0.6) is 0 Å². The summed E-state index contributed by atoms with van der Waals surface area (Å²) in [5, 5.41) is 10.9. The predicted molar refractivity (Wildman–Crippen MR) is 118 cm³/mol. The van der Waals surface area contributed by atoms with Gasteiger partial charge in [-0.25, -0.2) is 9.78 Å². The van der Waals surface area contributed by atoms with Gasteiger partial charge in [-0.3, -0.25) is 10.3 Å². The van der Waals surface area contributed by atoms with Gasteiger partial charge in [-0.2, -0.15) is 4.98 Å². The Balaban J connectivity index is 1.62. The van der Waals surface area contributed by atoms with Gasteiger partial charge in [0.05, 0.1) is 0 Å². The first kappa shape index (κ1) is 20.5. The average molecular weight is 393 g/mol. The Bertz CT molecular complexity index is 1000. The van der Waals surface area contributed by atoms with E-state index in [-0.39, 0.29) is 12.0 Å². The fraction of sp³-hybridized carbons (Fsp3) is 0.333. The SMILES string of the molecule is Cc1cc2cc(NC(=O)Nc3nc(C)cc(NCCCN(C)C)n3)ccc2cn1. The van der Waals surface area contributed by atoms with Crippen LogP contribution >= 0.6 is 0 Å². The van der Waals surface area contributed by atoms with E-state index in [9.17, 15) is 4.79 Å². The van der Waals surface area contributed by atoms with Gasteiger partial charge in [0.25, 0.3) is 0 Å². The molecule has 0 unspecified atom stereocenters. The zero-order valence-corrected chi connectivity index (χ0v) is 17.3. The summed E-state index contributed by atoms with van der Waals surface area (Å²) in [6.07, 6.45) is 2.82. The molecule has 0 spiro atoms. The number of hydrogen-bond donors (Lipinski definition) is 3. The summed E-state index contributed by atoms with van der Waals surface area (Å²) in [6.45, 7) is 5.60. The second-order valence-electron chi connectivity index (χ2n) is 7.27. The number of benzene rings is 1. The van der Waals surface area contributed by atoms with Crippen LogP contribution in [-0.4, -0.2) is 53.1 Å². The summed E-state index contributed by atoms with van der Waals surface area (Å²) in [7, 11) is 4.09. The Labute approximate surface area is 170 Å². The van der Waals surface area contributed by atoms with E-state index in [4.69, 9.17) is 0 Å². The lowest BCUT2D eigenvalue weighted by molar-refractivity contribution is 0.262. The number of hydrogen-bond acceptors (Lipinski definition) is 6. The third-order valence-corrected chi connectivity index (χ3v) is 4.28. The van der Waals surface area contributed by atoms with Crippen LogP contribution in [0.3, 0.4) is 0 Å². The van der Waals surface area contributed by atoms with E-state index in [0.717, 1.165) is 41.7 Å². The molecule has 0 fully saturated rings. The van der Waals surface area contributed by atoms with Gasteiger partial charge in [-0.05, 0) is 64.5 Å². The van der Waals surface area contributed by atoms with Crippen LogP contribution < -0.4 is 16.0 Å². The summed E-state index contributed by atoms with van der Waals surface area (Å²) < 4.78 is 0. The van der Waals surface area contributed by atoms with Crippen molar-refractivity contribution in [3.63, 3.8) is 0 Å². The molecule has 2 heterocycles. The Kier molecular flexibility index (Phi) is 6.56. The lowest BCUT2D eigenvalue weighted by Crippen LogP contribution is -2.21. The summed E-state index contributed by atoms with van der Waals surface area (Å²) >= 11 is 0. The highest BCUT2D eigenvalue weighted by Gasteiger charge is 2.08. The van der Waals surface area contributed by atoms with Crippen molar-refractivity contribution in [1.82, 2.24) is 19.9 Å². The fourth-order valence-electron chi connectivity index (χ4n) is 2.92. The molecule has 2 amide bonds. The van der Waals surface area contributed by atoms with Gasteiger partial charge in [0.2, 0.25) is 5.95 Å². The number of aryl methyl sites for hydroxylation is 2. The number of nitrogens with one attached hydrogen (secondary N) is 3. The highest BCUT2D eigenvalue weighted by Crippen LogP contribution is 2.19. The van der Waals surface area contributed by atoms with Gasteiger partial charge in [-0.1, -0.05) is 6.07 Å². The molecule has 0 saturated carbocycles. The first-order valence-electron chi connectivity index (χ1n) is 9.58. The summed E-state index contributed by atoms with van der Waals surface area (Å²) in [5.74, 6) is 0.957. The normalized spacial score (nSPS) is 10.9. The molecule has 3 rings (SSSR count). The zero-order chi connectivity index (χ0) is 20.8. The van der Waals surface area contributed by atoms with Gasteiger partial charge < -0.3 is 15.5 Å².